The Labute approximate surface area is 75.7 Å². The Morgan fingerprint density at radius 1 is 1.42 bits per heavy atom. The minimum Gasteiger partial charge on any atom is -0.0955 e. The highest BCUT2D eigenvalue weighted by Crippen LogP contribution is 2.24. The van der Waals surface area contributed by atoms with Crippen molar-refractivity contribution in [2.45, 2.75) is 39.5 Å². The van der Waals surface area contributed by atoms with Crippen LogP contribution in [-0.2, 0) is 0 Å². The predicted molar refractivity (Wildman–Crippen MR) is 55.1 cm³/mol. The van der Waals surface area contributed by atoms with Gasteiger partial charge in [0.2, 0.25) is 0 Å². The van der Waals surface area contributed by atoms with Crippen LogP contribution in [0.5, 0.6) is 0 Å². The normalized spacial score (nSPS) is 17.3. The van der Waals surface area contributed by atoms with E-state index in [9.17, 15) is 0 Å². The van der Waals surface area contributed by atoms with Gasteiger partial charge >= 0.3 is 0 Å². The van der Waals surface area contributed by atoms with Crippen LogP contribution in [0.4, 0.5) is 0 Å². The Morgan fingerprint density at radius 2 is 2.17 bits per heavy atom. The predicted octanol–water partition coefficient (Wildman–Crippen LogP) is 4.01. The highest BCUT2D eigenvalue weighted by Gasteiger charge is 2.04. The summed E-state index contributed by atoms with van der Waals surface area (Å²) in [6, 6.07) is 0. The summed E-state index contributed by atoms with van der Waals surface area (Å²) in [7, 11) is 0. The molecule has 0 amide bonds. The van der Waals surface area contributed by atoms with Gasteiger partial charge in [0.1, 0.15) is 0 Å². The summed E-state index contributed by atoms with van der Waals surface area (Å²) in [4.78, 5) is 0. The Bertz CT molecular complexity index is 228. The number of rotatable bonds is 3. The third-order valence-electron chi connectivity index (χ3n) is 2.36. The Morgan fingerprint density at radius 3 is 2.75 bits per heavy atom. The lowest BCUT2D eigenvalue weighted by Gasteiger charge is -2.13. The summed E-state index contributed by atoms with van der Waals surface area (Å²) in [6.07, 6.45) is 9.30. The molecule has 0 fully saturated rings. The van der Waals surface area contributed by atoms with Gasteiger partial charge in [-0.3, -0.25) is 0 Å². The quantitative estimate of drug-likeness (QED) is 0.588. The van der Waals surface area contributed by atoms with E-state index in [1.165, 1.54) is 36.0 Å². The van der Waals surface area contributed by atoms with Crippen molar-refractivity contribution < 1.29 is 0 Å². The van der Waals surface area contributed by atoms with Crippen LogP contribution in [0.3, 0.4) is 0 Å². The molecular formula is C12H18. The largest absolute Gasteiger partial charge is 0.0955 e. The molecule has 12 heavy (non-hydrogen) atoms. The molecule has 0 aromatic rings. The third-order valence-corrected chi connectivity index (χ3v) is 2.36. The smallest absolute Gasteiger partial charge is 0.00699 e. The van der Waals surface area contributed by atoms with Gasteiger partial charge in [0.15, 0.2) is 0 Å². The second kappa shape index (κ2) is 4.30. The molecule has 1 aliphatic rings. The topological polar surface area (TPSA) is 0 Å². The fourth-order valence-electron chi connectivity index (χ4n) is 1.54. The van der Waals surface area contributed by atoms with Crippen molar-refractivity contribution in [1.29, 1.82) is 0 Å². The van der Waals surface area contributed by atoms with Gasteiger partial charge in [-0.2, -0.15) is 0 Å². The lowest BCUT2D eigenvalue weighted by atomic mass is 9.93. The third kappa shape index (κ3) is 2.37. The standard InChI is InChI=1S/C12H18/c1-4-5-6-12-8-7-10(2)9-11(12)3/h7-8H,2,4-6,9H2,1,3H3. The average Bonchev–Trinajstić information content (AvgIpc) is 2.03. The lowest BCUT2D eigenvalue weighted by Crippen LogP contribution is -1.93. The van der Waals surface area contributed by atoms with Crippen LogP contribution >= 0.6 is 0 Å². The molecule has 0 nitrogen and oxygen atoms in total. The minimum absolute atomic E-state index is 1.08. The van der Waals surface area contributed by atoms with E-state index < -0.39 is 0 Å². The van der Waals surface area contributed by atoms with Crippen molar-refractivity contribution >= 4 is 0 Å². The summed E-state index contributed by atoms with van der Waals surface area (Å²) in [5.41, 5.74) is 4.29. The van der Waals surface area contributed by atoms with Crippen LogP contribution in [0, 0.1) is 0 Å². The lowest BCUT2D eigenvalue weighted by molar-refractivity contribution is 0.786. The van der Waals surface area contributed by atoms with E-state index >= 15 is 0 Å². The molecule has 0 atom stereocenters. The van der Waals surface area contributed by atoms with E-state index in [1.807, 2.05) is 0 Å². The van der Waals surface area contributed by atoms with Crippen molar-refractivity contribution in [3.8, 4) is 0 Å². The Hall–Kier alpha value is -0.780. The molecule has 0 unspecified atom stereocenters. The molecule has 0 bridgehead atoms. The number of unbranched alkanes of at least 4 members (excludes halogenated alkanes) is 1. The van der Waals surface area contributed by atoms with Gasteiger partial charge in [-0.1, -0.05) is 43.2 Å². The first-order chi connectivity index (χ1) is 5.74. The van der Waals surface area contributed by atoms with E-state index in [0.717, 1.165) is 6.42 Å². The average molecular weight is 162 g/mol. The Kier molecular flexibility index (Phi) is 3.33. The SMILES string of the molecule is C=C1C=CC(CCCC)=C(C)C1. The zero-order valence-electron chi connectivity index (χ0n) is 8.19. The zero-order valence-corrected chi connectivity index (χ0v) is 8.19. The van der Waals surface area contributed by atoms with Gasteiger partial charge in [0, 0.05) is 0 Å². The van der Waals surface area contributed by atoms with Crippen molar-refractivity contribution in [3.63, 3.8) is 0 Å². The Balaban J connectivity index is 2.58. The second-order valence-corrected chi connectivity index (χ2v) is 3.58. The van der Waals surface area contributed by atoms with Crippen LogP contribution in [0.1, 0.15) is 39.5 Å². The maximum atomic E-state index is 3.96. The van der Waals surface area contributed by atoms with Crippen LogP contribution < -0.4 is 0 Å². The number of hydrogen-bond donors (Lipinski definition) is 0. The first-order valence-corrected chi connectivity index (χ1v) is 4.78. The zero-order chi connectivity index (χ0) is 8.97. The summed E-state index contributed by atoms with van der Waals surface area (Å²) in [5.74, 6) is 0. The molecule has 1 aliphatic carbocycles. The molecule has 0 spiro atoms. The summed E-state index contributed by atoms with van der Waals surface area (Å²) < 4.78 is 0. The molecule has 1 rings (SSSR count). The first-order valence-electron chi connectivity index (χ1n) is 4.78. The highest BCUT2D eigenvalue weighted by molar-refractivity contribution is 5.38. The molecule has 66 valence electrons. The van der Waals surface area contributed by atoms with Gasteiger partial charge in [0.25, 0.3) is 0 Å². The van der Waals surface area contributed by atoms with E-state index in [-0.39, 0.29) is 0 Å². The number of hydrogen-bond acceptors (Lipinski definition) is 0. The van der Waals surface area contributed by atoms with E-state index in [2.05, 4.69) is 32.6 Å². The van der Waals surface area contributed by atoms with Gasteiger partial charge < -0.3 is 0 Å². The maximum absolute atomic E-state index is 3.96. The van der Waals surface area contributed by atoms with Crippen LogP contribution in [0.2, 0.25) is 0 Å². The molecule has 0 N–H and O–H groups in total. The van der Waals surface area contributed by atoms with Crippen LogP contribution in [0.15, 0.2) is 35.5 Å². The minimum atomic E-state index is 1.08. The van der Waals surface area contributed by atoms with Gasteiger partial charge in [-0.25, -0.2) is 0 Å². The van der Waals surface area contributed by atoms with E-state index in [4.69, 9.17) is 0 Å². The second-order valence-electron chi connectivity index (χ2n) is 3.58. The van der Waals surface area contributed by atoms with E-state index in [1.54, 1.807) is 0 Å². The molecule has 0 heterocycles. The van der Waals surface area contributed by atoms with Gasteiger partial charge in [-0.15, -0.1) is 0 Å². The van der Waals surface area contributed by atoms with Crippen molar-refractivity contribution in [1.82, 2.24) is 0 Å². The molecule has 0 aliphatic heterocycles. The molecule has 0 saturated carbocycles. The maximum Gasteiger partial charge on any atom is -0.00699 e. The van der Waals surface area contributed by atoms with Gasteiger partial charge in [-0.05, 0) is 31.8 Å². The van der Waals surface area contributed by atoms with Gasteiger partial charge in [0.05, 0.1) is 0 Å². The fourth-order valence-corrected chi connectivity index (χ4v) is 1.54. The summed E-state index contributed by atoms with van der Waals surface area (Å²) in [6.45, 7) is 8.42. The molecule has 0 aromatic heterocycles. The van der Waals surface area contributed by atoms with E-state index in [0.29, 0.717) is 0 Å². The monoisotopic (exact) mass is 162 g/mol. The molecule has 0 heteroatoms. The fraction of sp³-hybridized carbons (Fsp3) is 0.500. The van der Waals surface area contributed by atoms with Crippen LogP contribution in [-0.4, -0.2) is 0 Å². The molecular weight excluding hydrogens is 144 g/mol. The first kappa shape index (κ1) is 9.31. The molecule has 0 saturated heterocycles. The van der Waals surface area contributed by atoms with Crippen molar-refractivity contribution in [3.05, 3.63) is 35.5 Å². The van der Waals surface area contributed by atoms with Crippen molar-refractivity contribution in [2.24, 2.45) is 0 Å². The summed E-state index contributed by atoms with van der Waals surface area (Å²) in [5, 5.41) is 0. The highest BCUT2D eigenvalue weighted by atomic mass is 14.1. The van der Waals surface area contributed by atoms with Crippen LogP contribution in [0.25, 0.3) is 0 Å². The molecule has 0 aromatic carbocycles. The molecule has 0 radical (unpaired) electrons. The summed E-state index contributed by atoms with van der Waals surface area (Å²) >= 11 is 0. The van der Waals surface area contributed by atoms with Crippen molar-refractivity contribution in [2.75, 3.05) is 0 Å². The number of allylic oxidation sites excluding steroid dienone is 5.